The maximum Gasteiger partial charge on any atom is 0.276 e. The van der Waals surface area contributed by atoms with E-state index < -0.39 is 5.56 Å². The number of hydrogen-bond acceptors (Lipinski definition) is 5. The van der Waals surface area contributed by atoms with Gasteiger partial charge in [-0.3, -0.25) is 9.59 Å². The second-order valence-electron chi connectivity index (χ2n) is 8.82. The van der Waals surface area contributed by atoms with Crippen LogP contribution in [0.15, 0.2) is 88.9 Å². The van der Waals surface area contributed by atoms with Crippen molar-refractivity contribution in [1.29, 1.82) is 0 Å². The molecule has 0 spiro atoms. The van der Waals surface area contributed by atoms with Crippen molar-refractivity contribution in [2.24, 2.45) is 0 Å². The fourth-order valence-corrected chi connectivity index (χ4v) is 4.89. The molecule has 1 N–H and O–H groups in total. The van der Waals surface area contributed by atoms with Crippen LogP contribution in [-0.2, 0) is 30.1 Å². The molecule has 0 unspecified atom stereocenters. The molecule has 0 saturated carbocycles. The van der Waals surface area contributed by atoms with E-state index in [-0.39, 0.29) is 31.3 Å². The zero-order valence-corrected chi connectivity index (χ0v) is 22.4. The van der Waals surface area contributed by atoms with Crippen LogP contribution < -0.4 is 5.56 Å². The molecule has 38 heavy (non-hydrogen) atoms. The highest BCUT2D eigenvalue weighted by Crippen LogP contribution is 2.23. The van der Waals surface area contributed by atoms with Crippen LogP contribution in [-0.4, -0.2) is 39.1 Å². The van der Waals surface area contributed by atoms with Gasteiger partial charge in [0.05, 0.1) is 0 Å². The number of benzene rings is 3. The molecule has 0 aliphatic heterocycles. The molecule has 4 aromatic rings. The molecule has 0 radical (unpaired) electrons. The monoisotopic (exact) mass is 551 g/mol. The Hall–Kier alpha value is -3.46. The summed E-state index contributed by atoms with van der Waals surface area (Å²) in [7, 11) is 1.73. The van der Waals surface area contributed by atoms with E-state index in [0.29, 0.717) is 28.0 Å². The Bertz CT molecular complexity index is 1440. The van der Waals surface area contributed by atoms with Crippen LogP contribution in [0.3, 0.4) is 0 Å². The van der Waals surface area contributed by atoms with Gasteiger partial charge in [0.15, 0.2) is 5.16 Å². The van der Waals surface area contributed by atoms with E-state index in [4.69, 9.17) is 11.6 Å². The zero-order chi connectivity index (χ0) is 27.1. The van der Waals surface area contributed by atoms with Crippen molar-refractivity contribution in [3.8, 4) is 11.1 Å². The Kier molecular flexibility index (Phi) is 9.33. The molecule has 1 heterocycles. The van der Waals surface area contributed by atoms with Crippen molar-refractivity contribution in [2.75, 3.05) is 13.7 Å². The Balaban J connectivity index is 1.46. The minimum atomic E-state index is -0.432. The third-order valence-electron chi connectivity index (χ3n) is 5.97. The van der Waals surface area contributed by atoms with E-state index in [9.17, 15) is 19.1 Å². The lowest BCUT2D eigenvalue weighted by atomic mass is 10.0. The number of rotatable bonds is 10. The third kappa shape index (κ3) is 7.31. The molecule has 6 nitrogen and oxygen atoms in total. The predicted molar refractivity (Wildman–Crippen MR) is 149 cm³/mol. The van der Waals surface area contributed by atoms with Crippen LogP contribution in [0, 0.1) is 5.82 Å². The fourth-order valence-electron chi connectivity index (χ4n) is 3.84. The largest absolute Gasteiger partial charge is 0.396 e. The van der Waals surface area contributed by atoms with Gasteiger partial charge < -0.3 is 14.6 Å². The van der Waals surface area contributed by atoms with E-state index >= 15 is 0 Å². The number of amides is 1. The molecule has 3 aromatic carbocycles. The molecular formula is C29H27ClFN3O3S. The molecule has 0 aliphatic rings. The summed E-state index contributed by atoms with van der Waals surface area (Å²) in [6.45, 7) is 0.199. The number of hydrogen-bond donors (Lipinski definition) is 1. The maximum atomic E-state index is 13.2. The summed E-state index contributed by atoms with van der Waals surface area (Å²) in [5.74, 6) is -0.0259. The Labute approximate surface area is 229 Å². The first-order valence-electron chi connectivity index (χ1n) is 12.0. The van der Waals surface area contributed by atoms with Gasteiger partial charge in [0, 0.05) is 49.2 Å². The number of carbonyl (C=O) groups excluding carboxylic acids is 1. The van der Waals surface area contributed by atoms with Gasteiger partial charge in [-0.2, -0.15) is 4.98 Å². The average Bonchev–Trinajstić information content (AvgIpc) is 2.91. The number of likely N-dealkylation sites (N-methyl/N-ethyl adjacent to an activating group) is 1. The van der Waals surface area contributed by atoms with Gasteiger partial charge in [0.2, 0.25) is 5.91 Å². The summed E-state index contributed by atoms with van der Waals surface area (Å²) in [5, 5.41) is 10.4. The number of carbonyl (C=O) groups is 1. The quantitative estimate of drug-likeness (QED) is 0.217. The molecule has 0 atom stereocenters. The van der Waals surface area contributed by atoms with Crippen molar-refractivity contribution in [2.45, 2.75) is 30.4 Å². The number of aliphatic hydroxyl groups excluding tert-OH is 1. The van der Waals surface area contributed by atoms with Crippen LogP contribution in [0.2, 0.25) is 5.02 Å². The minimum Gasteiger partial charge on any atom is -0.396 e. The van der Waals surface area contributed by atoms with Crippen LogP contribution in [0.25, 0.3) is 11.1 Å². The van der Waals surface area contributed by atoms with Crippen LogP contribution in [0.1, 0.15) is 16.7 Å². The lowest BCUT2D eigenvalue weighted by Crippen LogP contribution is -2.31. The number of thioether (sulfide) groups is 1. The van der Waals surface area contributed by atoms with Crippen molar-refractivity contribution in [1.82, 2.24) is 14.5 Å². The lowest BCUT2D eigenvalue weighted by molar-refractivity contribution is -0.131. The van der Waals surface area contributed by atoms with Crippen molar-refractivity contribution >= 4 is 29.3 Å². The highest BCUT2D eigenvalue weighted by molar-refractivity contribution is 7.98. The molecule has 196 valence electrons. The number of aromatic nitrogens is 2. The predicted octanol–water partition coefficient (Wildman–Crippen LogP) is 5.19. The topological polar surface area (TPSA) is 75.4 Å². The molecule has 9 heteroatoms. The highest BCUT2D eigenvalue weighted by Gasteiger charge is 2.16. The summed E-state index contributed by atoms with van der Waals surface area (Å²) >= 11 is 7.27. The SMILES string of the molecule is CN(Cc1ccc(-c2ccc(Cl)cc2)cc1)C(=O)Cn1cc(CCO)c(=O)nc1SCc1ccc(F)cc1. The smallest absolute Gasteiger partial charge is 0.276 e. The van der Waals surface area contributed by atoms with Gasteiger partial charge in [-0.1, -0.05) is 71.9 Å². The first kappa shape index (κ1) is 27.6. The van der Waals surface area contributed by atoms with Crippen LogP contribution in [0.4, 0.5) is 4.39 Å². The van der Waals surface area contributed by atoms with Crippen molar-refractivity contribution in [3.05, 3.63) is 117 Å². The third-order valence-corrected chi connectivity index (χ3v) is 7.29. The summed E-state index contributed by atoms with van der Waals surface area (Å²) in [4.78, 5) is 31.4. The summed E-state index contributed by atoms with van der Waals surface area (Å²) in [6, 6.07) is 21.7. The van der Waals surface area contributed by atoms with Crippen molar-refractivity contribution < 1.29 is 14.3 Å². The van der Waals surface area contributed by atoms with Gasteiger partial charge in [0.1, 0.15) is 12.4 Å². The molecule has 4 rings (SSSR count). The van der Waals surface area contributed by atoms with Crippen LogP contribution in [0.5, 0.6) is 0 Å². The van der Waals surface area contributed by atoms with E-state index in [1.54, 1.807) is 34.8 Å². The summed E-state index contributed by atoms with van der Waals surface area (Å²) in [6.07, 6.45) is 1.74. The lowest BCUT2D eigenvalue weighted by Gasteiger charge is -2.20. The maximum absolute atomic E-state index is 13.2. The number of halogens is 2. The molecule has 1 aromatic heterocycles. The molecule has 1 amide bonds. The standard InChI is InChI=1S/C29H27ClFN3O3S/c1-33(16-20-2-6-22(7-3-20)23-8-10-25(30)11-9-23)27(36)18-34-17-24(14-15-35)28(37)32-29(34)38-19-21-4-12-26(31)13-5-21/h2-13,17,35H,14-16,18-19H2,1H3. The first-order valence-corrected chi connectivity index (χ1v) is 13.4. The molecule has 0 saturated heterocycles. The van der Waals surface area contributed by atoms with Gasteiger partial charge in [-0.25, -0.2) is 4.39 Å². The minimum absolute atomic E-state index is 0.0170. The molecule has 0 fully saturated rings. The fraction of sp³-hybridized carbons (Fsp3) is 0.207. The highest BCUT2D eigenvalue weighted by atomic mass is 35.5. The number of aliphatic hydroxyl groups is 1. The Morgan fingerprint density at radius 2 is 1.61 bits per heavy atom. The Morgan fingerprint density at radius 1 is 1.00 bits per heavy atom. The molecular weight excluding hydrogens is 525 g/mol. The first-order chi connectivity index (χ1) is 18.3. The van der Waals surface area contributed by atoms with Gasteiger partial charge >= 0.3 is 0 Å². The second-order valence-corrected chi connectivity index (χ2v) is 10.2. The summed E-state index contributed by atoms with van der Waals surface area (Å²) in [5.41, 5.74) is 3.86. The molecule has 0 aliphatic carbocycles. The number of nitrogens with zero attached hydrogens (tertiary/aromatic N) is 3. The van der Waals surface area contributed by atoms with Crippen LogP contribution >= 0.6 is 23.4 Å². The van der Waals surface area contributed by atoms with Gasteiger partial charge in [-0.15, -0.1) is 0 Å². The second kappa shape index (κ2) is 12.9. The normalized spacial score (nSPS) is 10.9. The zero-order valence-electron chi connectivity index (χ0n) is 20.8. The van der Waals surface area contributed by atoms with E-state index in [2.05, 4.69) is 4.98 Å². The Morgan fingerprint density at radius 3 is 2.24 bits per heavy atom. The van der Waals surface area contributed by atoms with Crippen molar-refractivity contribution in [3.63, 3.8) is 0 Å². The average molecular weight is 552 g/mol. The van der Waals surface area contributed by atoms with E-state index in [1.807, 2.05) is 48.5 Å². The van der Waals surface area contributed by atoms with E-state index in [1.165, 1.54) is 23.9 Å². The molecule has 0 bridgehead atoms. The summed E-state index contributed by atoms with van der Waals surface area (Å²) < 4.78 is 14.9. The van der Waals surface area contributed by atoms with E-state index in [0.717, 1.165) is 22.3 Å². The van der Waals surface area contributed by atoms with Gasteiger partial charge in [0.25, 0.3) is 5.56 Å². The van der Waals surface area contributed by atoms with Gasteiger partial charge in [-0.05, 0) is 46.5 Å².